The topological polar surface area (TPSA) is 23.5 Å². The maximum atomic E-state index is 10.7. The zero-order valence-electron chi connectivity index (χ0n) is 12.0. The smallest absolute Gasteiger partial charge is 0.0663 e. The Hall–Kier alpha value is -0.0800. The monoisotopic (exact) mass is 241 g/mol. The van der Waals surface area contributed by atoms with E-state index in [1.165, 1.54) is 25.7 Å². The van der Waals surface area contributed by atoms with E-state index in [-0.39, 0.29) is 5.60 Å². The lowest BCUT2D eigenvalue weighted by Gasteiger charge is -2.31. The van der Waals surface area contributed by atoms with Crippen LogP contribution in [0.25, 0.3) is 0 Å². The molecule has 0 aromatic heterocycles. The number of hydrogen-bond donors (Lipinski definition) is 1. The normalized spacial score (nSPS) is 28.9. The molecule has 1 N–H and O–H groups in total. The minimum atomic E-state index is -0.376. The predicted octanol–water partition coefficient (Wildman–Crippen LogP) is 3.44. The third-order valence-electron chi connectivity index (χ3n) is 4.35. The van der Waals surface area contributed by atoms with Crippen molar-refractivity contribution < 1.29 is 5.11 Å². The van der Waals surface area contributed by atoms with Crippen molar-refractivity contribution in [1.29, 1.82) is 0 Å². The van der Waals surface area contributed by atoms with Crippen LogP contribution < -0.4 is 0 Å². The molecular weight excluding hydrogens is 210 g/mol. The molecule has 0 spiro atoms. The molecule has 0 radical (unpaired) electrons. The summed E-state index contributed by atoms with van der Waals surface area (Å²) in [6.07, 6.45) is 9.25. The van der Waals surface area contributed by atoms with Crippen molar-refractivity contribution in [3.63, 3.8) is 0 Å². The summed E-state index contributed by atoms with van der Waals surface area (Å²) in [6.45, 7) is 6.73. The van der Waals surface area contributed by atoms with Crippen molar-refractivity contribution in [3.05, 3.63) is 0 Å². The van der Waals surface area contributed by atoms with Crippen LogP contribution in [-0.4, -0.2) is 35.7 Å². The molecule has 2 unspecified atom stereocenters. The molecule has 0 aromatic carbocycles. The zero-order chi connectivity index (χ0) is 12.7. The van der Waals surface area contributed by atoms with E-state index in [0.717, 1.165) is 44.7 Å². The lowest BCUT2D eigenvalue weighted by Crippen LogP contribution is -2.32. The van der Waals surface area contributed by atoms with Crippen LogP contribution in [-0.2, 0) is 0 Å². The van der Waals surface area contributed by atoms with Crippen molar-refractivity contribution in [3.8, 4) is 0 Å². The summed E-state index contributed by atoms with van der Waals surface area (Å²) in [5.41, 5.74) is -0.376. The van der Waals surface area contributed by atoms with Gasteiger partial charge >= 0.3 is 0 Å². The fraction of sp³-hybridized carbons (Fsp3) is 1.00. The number of nitrogens with zero attached hydrogens (tertiary/aromatic N) is 1. The highest BCUT2D eigenvalue weighted by Crippen LogP contribution is 2.32. The molecule has 2 heteroatoms. The molecule has 1 heterocycles. The lowest BCUT2D eigenvalue weighted by atomic mass is 9.81. The van der Waals surface area contributed by atoms with Crippen LogP contribution in [0, 0.1) is 5.92 Å². The quantitative estimate of drug-likeness (QED) is 0.770. The van der Waals surface area contributed by atoms with Crippen LogP contribution in [0.5, 0.6) is 0 Å². The van der Waals surface area contributed by atoms with Gasteiger partial charge in [0.05, 0.1) is 5.60 Å². The maximum absolute atomic E-state index is 10.7. The molecule has 1 fully saturated rings. The first-order valence-corrected chi connectivity index (χ1v) is 7.50. The van der Waals surface area contributed by atoms with Gasteiger partial charge in [0, 0.05) is 6.54 Å². The molecule has 0 aliphatic carbocycles. The molecule has 102 valence electrons. The molecule has 1 aliphatic heterocycles. The van der Waals surface area contributed by atoms with Gasteiger partial charge in [-0.1, -0.05) is 39.5 Å². The zero-order valence-corrected chi connectivity index (χ0v) is 12.0. The molecular formula is C15H31NO. The molecule has 1 aliphatic rings. The summed E-state index contributed by atoms with van der Waals surface area (Å²) < 4.78 is 0. The molecule has 0 amide bonds. The van der Waals surface area contributed by atoms with E-state index in [0.29, 0.717) is 0 Å². The molecule has 0 bridgehead atoms. The highest BCUT2D eigenvalue weighted by Gasteiger charge is 2.31. The maximum Gasteiger partial charge on any atom is 0.0663 e. The lowest BCUT2D eigenvalue weighted by molar-refractivity contribution is 0.000292. The van der Waals surface area contributed by atoms with E-state index < -0.39 is 0 Å². The van der Waals surface area contributed by atoms with Crippen LogP contribution in [0.2, 0.25) is 0 Å². The van der Waals surface area contributed by atoms with Gasteiger partial charge in [-0.15, -0.1) is 0 Å². The van der Waals surface area contributed by atoms with Crippen molar-refractivity contribution in [1.82, 2.24) is 4.90 Å². The first-order valence-electron chi connectivity index (χ1n) is 7.50. The highest BCUT2D eigenvalue weighted by atomic mass is 16.3. The molecule has 0 aromatic rings. The second-order valence-corrected chi connectivity index (χ2v) is 6.00. The van der Waals surface area contributed by atoms with Crippen LogP contribution in [0.1, 0.15) is 65.2 Å². The van der Waals surface area contributed by atoms with E-state index in [2.05, 4.69) is 25.8 Å². The summed E-state index contributed by atoms with van der Waals surface area (Å²) in [5.74, 6) is 0.725. The Balaban J connectivity index is 2.45. The van der Waals surface area contributed by atoms with Crippen molar-refractivity contribution in [2.24, 2.45) is 5.92 Å². The third kappa shape index (κ3) is 5.39. The first kappa shape index (κ1) is 15.0. The van der Waals surface area contributed by atoms with E-state index in [1.807, 2.05) is 0 Å². The van der Waals surface area contributed by atoms with Crippen molar-refractivity contribution >= 4 is 0 Å². The Morgan fingerprint density at radius 1 is 1.24 bits per heavy atom. The average molecular weight is 241 g/mol. The second-order valence-electron chi connectivity index (χ2n) is 6.00. The standard InChI is InChI=1S/C15H31NO/c1-4-6-8-14(5-2)13-15(17)9-7-11-16(3)12-10-15/h14,17H,4-13H2,1-3H3. The summed E-state index contributed by atoms with van der Waals surface area (Å²) in [4.78, 5) is 2.35. The Morgan fingerprint density at radius 3 is 2.65 bits per heavy atom. The van der Waals surface area contributed by atoms with Crippen molar-refractivity contribution in [2.75, 3.05) is 20.1 Å². The van der Waals surface area contributed by atoms with E-state index in [4.69, 9.17) is 0 Å². The minimum absolute atomic E-state index is 0.376. The van der Waals surface area contributed by atoms with Crippen LogP contribution in [0.3, 0.4) is 0 Å². The number of aliphatic hydroxyl groups is 1. The molecule has 17 heavy (non-hydrogen) atoms. The molecule has 1 rings (SSSR count). The number of rotatable bonds is 6. The Morgan fingerprint density at radius 2 is 2.00 bits per heavy atom. The Labute approximate surface area is 107 Å². The fourth-order valence-corrected chi connectivity index (χ4v) is 3.00. The van der Waals surface area contributed by atoms with Gasteiger partial charge in [0.25, 0.3) is 0 Å². The van der Waals surface area contributed by atoms with Crippen LogP contribution in [0.15, 0.2) is 0 Å². The summed E-state index contributed by atoms with van der Waals surface area (Å²) >= 11 is 0. The molecule has 2 atom stereocenters. The van der Waals surface area contributed by atoms with Gasteiger partial charge in [-0.05, 0) is 45.2 Å². The number of unbranched alkanes of at least 4 members (excludes halogenated alkanes) is 1. The van der Waals surface area contributed by atoms with E-state index in [9.17, 15) is 5.11 Å². The SMILES string of the molecule is CCCCC(CC)CC1(O)CCCN(C)CC1. The minimum Gasteiger partial charge on any atom is -0.390 e. The third-order valence-corrected chi connectivity index (χ3v) is 4.35. The molecule has 1 saturated heterocycles. The molecule has 0 saturated carbocycles. The predicted molar refractivity (Wildman–Crippen MR) is 74.2 cm³/mol. The van der Waals surface area contributed by atoms with Gasteiger partial charge in [0.15, 0.2) is 0 Å². The summed E-state index contributed by atoms with van der Waals surface area (Å²) in [5, 5.41) is 10.7. The van der Waals surface area contributed by atoms with Gasteiger partial charge in [-0.25, -0.2) is 0 Å². The second kappa shape index (κ2) is 7.38. The van der Waals surface area contributed by atoms with Crippen LogP contribution >= 0.6 is 0 Å². The fourth-order valence-electron chi connectivity index (χ4n) is 3.00. The number of hydrogen-bond acceptors (Lipinski definition) is 2. The van der Waals surface area contributed by atoms with Gasteiger partial charge in [0.1, 0.15) is 0 Å². The summed E-state index contributed by atoms with van der Waals surface area (Å²) in [7, 11) is 2.17. The largest absolute Gasteiger partial charge is 0.390 e. The van der Waals surface area contributed by atoms with E-state index in [1.54, 1.807) is 0 Å². The van der Waals surface area contributed by atoms with Gasteiger partial charge < -0.3 is 10.0 Å². The summed E-state index contributed by atoms with van der Waals surface area (Å²) in [6, 6.07) is 0. The first-order chi connectivity index (χ1) is 8.09. The van der Waals surface area contributed by atoms with Crippen LogP contribution in [0.4, 0.5) is 0 Å². The van der Waals surface area contributed by atoms with E-state index >= 15 is 0 Å². The number of likely N-dealkylation sites (tertiary alicyclic amines) is 1. The Bertz CT molecular complexity index is 207. The average Bonchev–Trinajstić information content (AvgIpc) is 2.47. The van der Waals surface area contributed by atoms with Gasteiger partial charge in [-0.3, -0.25) is 0 Å². The Kier molecular flexibility index (Phi) is 6.50. The molecule has 2 nitrogen and oxygen atoms in total. The van der Waals surface area contributed by atoms with Gasteiger partial charge in [0.2, 0.25) is 0 Å². The van der Waals surface area contributed by atoms with Crippen molar-refractivity contribution in [2.45, 2.75) is 70.8 Å². The van der Waals surface area contributed by atoms with Gasteiger partial charge in [-0.2, -0.15) is 0 Å². The highest BCUT2D eigenvalue weighted by molar-refractivity contribution is 4.85.